The van der Waals surface area contributed by atoms with Crippen molar-refractivity contribution < 1.29 is 4.79 Å². The Bertz CT molecular complexity index is 317. The molecule has 0 radical (unpaired) electrons. The lowest BCUT2D eigenvalue weighted by atomic mass is 9.81. The zero-order valence-electron chi connectivity index (χ0n) is 11.5. The summed E-state index contributed by atoms with van der Waals surface area (Å²) in [6.45, 7) is 9.50. The Morgan fingerprint density at radius 2 is 2.24 bits per heavy atom. The van der Waals surface area contributed by atoms with Crippen LogP contribution in [0.3, 0.4) is 0 Å². The molecule has 0 aliphatic heterocycles. The number of carbonyl (C=O) groups excluding carboxylic acids is 1. The molecule has 96 valence electrons. The Kier molecular flexibility index (Phi) is 4.56. The van der Waals surface area contributed by atoms with E-state index in [1.807, 2.05) is 18.7 Å². The van der Waals surface area contributed by atoms with E-state index in [2.05, 4.69) is 19.9 Å². The third-order valence-corrected chi connectivity index (χ3v) is 3.96. The molecule has 1 aliphatic carbocycles. The summed E-state index contributed by atoms with van der Waals surface area (Å²) in [5.74, 6) is 0.314. The second-order valence-corrected chi connectivity index (χ2v) is 5.84. The van der Waals surface area contributed by atoms with Crippen molar-refractivity contribution in [1.82, 2.24) is 4.90 Å². The highest BCUT2D eigenvalue weighted by atomic mass is 16.2. The quantitative estimate of drug-likeness (QED) is 0.753. The Balaban J connectivity index is 2.70. The van der Waals surface area contributed by atoms with E-state index in [0.717, 1.165) is 19.3 Å². The van der Waals surface area contributed by atoms with Crippen LogP contribution in [0.4, 0.5) is 0 Å². The minimum atomic E-state index is -0.0802. The monoisotopic (exact) mass is 236 g/mol. The van der Waals surface area contributed by atoms with Gasteiger partial charge in [-0.05, 0) is 32.1 Å². The summed E-state index contributed by atoms with van der Waals surface area (Å²) in [4.78, 5) is 14.3. The maximum atomic E-state index is 12.5. The van der Waals surface area contributed by atoms with Gasteiger partial charge in [-0.1, -0.05) is 20.3 Å². The first-order valence-corrected chi connectivity index (χ1v) is 6.60. The maximum Gasteiger partial charge on any atom is 0.226 e. The van der Waals surface area contributed by atoms with Gasteiger partial charge in [0.1, 0.15) is 0 Å². The van der Waals surface area contributed by atoms with Gasteiger partial charge in [-0.2, -0.15) is 5.26 Å². The number of amides is 1. The molecule has 2 unspecified atom stereocenters. The molecule has 17 heavy (non-hydrogen) atoms. The molecule has 1 rings (SSSR count). The van der Waals surface area contributed by atoms with E-state index < -0.39 is 0 Å². The van der Waals surface area contributed by atoms with Crippen molar-refractivity contribution in [2.75, 3.05) is 13.1 Å². The number of rotatable bonds is 4. The van der Waals surface area contributed by atoms with Gasteiger partial charge >= 0.3 is 0 Å². The van der Waals surface area contributed by atoms with Crippen LogP contribution in [0.25, 0.3) is 0 Å². The van der Waals surface area contributed by atoms with Gasteiger partial charge in [0.05, 0.1) is 12.0 Å². The topological polar surface area (TPSA) is 44.1 Å². The fraction of sp³-hybridized carbons (Fsp3) is 0.857. The molecule has 1 fully saturated rings. The van der Waals surface area contributed by atoms with E-state index in [1.165, 1.54) is 0 Å². The minimum absolute atomic E-state index is 0.0802. The molecule has 0 aromatic heterocycles. The zero-order valence-corrected chi connectivity index (χ0v) is 11.5. The summed E-state index contributed by atoms with van der Waals surface area (Å²) in [6.07, 6.45) is 3.28. The van der Waals surface area contributed by atoms with Gasteiger partial charge in [0, 0.05) is 19.0 Å². The molecule has 1 saturated carbocycles. The van der Waals surface area contributed by atoms with Crippen LogP contribution in [0, 0.1) is 28.6 Å². The van der Waals surface area contributed by atoms with Crippen LogP contribution >= 0.6 is 0 Å². The van der Waals surface area contributed by atoms with E-state index in [-0.39, 0.29) is 23.2 Å². The minimum Gasteiger partial charge on any atom is -0.341 e. The number of carbonyl (C=O) groups is 1. The predicted octanol–water partition coefficient (Wildman–Crippen LogP) is 2.82. The number of hydrogen-bond donors (Lipinski definition) is 0. The standard InChI is InChI=1S/C14H24N2O/c1-5-16(10-11(2)9-15)13(17)12-7-6-8-14(12,3)4/h11-12H,5-8,10H2,1-4H3. The van der Waals surface area contributed by atoms with Crippen LogP contribution in [-0.4, -0.2) is 23.9 Å². The van der Waals surface area contributed by atoms with Crippen molar-refractivity contribution in [3.63, 3.8) is 0 Å². The molecular formula is C14H24N2O. The first kappa shape index (κ1) is 14.0. The fourth-order valence-corrected chi connectivity index (χ4v) is 2.75. The summed E-state index contributed by atoms with van der Waals surface area (Å²) in [7, 11) is 0. The molecule has 3 heteroatoms. The van der Waals surface area contributed by atoms with Crippen molar-refractivity contribution in [3.8, 4) is 6.07 Å². The lowest BCUT2D eigenvalue weighted by Gasteiger charge is -2.32. The molecule has 0 bridgehead atoms. The van der Waals surface area contributed by atoms with Crippen molar-refractivity contribution in [1.29, 1.82) is 5.26 Å². The highest BCUT2D eigenvalue weighted by Crippen LogP contribution is 2.43. The summed E-state index contributed by atoms with van der Waals surface area (Å²) in [5.41, 5.74) is 0.125. The predicted molar refractivity (Wildman–Crippen MR) is 68.2 cm³/mol. The van der Waals surface area contributed by atoms with Crippen molar-refractivity contribution in [2.24, 2.45) is 17.3 Å². The molecule has 0 aromatic carbocycles. The third kappa shape index (κ3) is 3.21. The summed E-state index contributed by atoms with van der Waals surface area (Å²) in [6, 6.07) is 2.20. The summed E-state index contributed by atoms with van der Waals surface area (Å²) >= 11 is 0. The smallest absolute Gasteiger partial charge is 0.226 e. The Labute approximate surface area is 105 Å². The van der Waals surface area contributed by atoms with E-state index in [0.29, 0.717) is 13.1 Å². The van der Waals surface area contributed by atoms with Crippen molar-refractivity contribution in [2.45, 2.75) is 47.0 Å². The van der Waals surface area contributed by atoms with Gasteiger partial charge in [-0.25, -0.2) is 0 Å². The average molecular weight is 236 g/mol. The SMILES string of the molecule is CCN(CC(C)C#N)C(=O)C1CCCC1(C)C. The van der Waals surface area contributed by atoms with Gasteiger partial charge in [0.25, 0.3) is 0 Å². The van der Waals surface area contributed by atoms with Crippen LogP contribution in [0.5, 0.6) is 0 Å². The number of hydrogen-bond acceptors (Lipinski definition) is 2. The average Bonchev–Trinajstić information content (AvgIpc) is 2.64. The second kappa shape index (κ2) is 5.53. The highest BCUT2D eigenvalue weighted by molar-refractivity contribution is 5.80. The summed E-state index contributed by atoms with van der Waals surface area (Å²) in [5, 5.41) is 8.84. The molecular weight excluding hydrogens is 212 g/mol. The maximum absolute atomic E-state index is 12.5. The van der Waals surface area contributed by atoms with Gasteiger partial charge < -0.3 is 4.90 Å². The Morgan fingerprint density at radius 3 is 2.65 bits per heavy atom. The van der Waals surface area contributed by atoms with E-state index in [9.17, 15) is 4.79 Å². The molecule has 0 saturated heterocycles. The molecule has 0 aromatic rings. The lowest BCUT2D eigenvalue weighted by molar-refractivity contribution is -0.138. The molecule has 0 N–H and O–H groups in total. The van der Waals surface area contributed by atoms with E-state index in [4.69, 9.17) is 5.26 Å². The van der Waals surface area contributed by atoms with Crippen LogP contribution in [0.2, 0.25) is 0 Å². The Morgan fingerprint density at radius 1 is 1.59 bits per heavy atom. The van der Waals surface area contributed by atoms with Crippen LogP contribution < -0.4 is 0 Å². The molecule has 3 nitrogen and oxygen atoms in total. The van der Waals surface area contributed by atoms with Gasteiger partial charge in [0.15, 0.2) is 0 Å². The fourth-order valence-electron chi connectivity index (χ4n) is 2.75. The van der Waals surface area contributed by atoms with Crippen LogP contribution in [0.15, 0.2) is 0 Å². The first-order valence-electron chi connectivity index (χ1n) is 6.60. The first-order chi connectivity index (χ1) is 7.92. The molecule has 1 aliphatic rings. The zero-order chi connectivity index (χ0) is 13.1. The van der Waals surface area contributed by atoms with Gasteiger partial charge in [0.2, 0.25) is 5.91 Å². The second-order valence-electron chi connectivity index (χ2n) is 5.84. The Hall–Kier alpha value is -1.04. The highest BCUT2D eigenvalue weighted by Gasteiger charge is 2.40. The van der Waals surface area contributed by atoms with Crippen LogP contribution in [0.1, 0.15) is 47.0 Å². The largest absolute Gasteiger partial charge is 0.341 e. The van der Waals surface area contributed by atoms with Crippen molar-refractivity contribution >= 4 is 5.91 Å². The lowest BCUT2D eigenvalue weighted by Crippen LogP contribution is -2.41. The van der Waals surface area contributed by atoms with Gasteiger partial charge in [-0.15, -0.1) is 0 Å². The van der Waals surface area contributed by atoms with Gasteiger partial charge in [-0.3, -0.25) is 4.79 Å². The molecule has 1 amide bonds. The van der Waals surface area contributed by atoms with Crippen molar-refractivity contribution in [3.05, 3.63) is 0 Å². The van der Waals surface area contributed by atoms with E-state index >= 15 is 0 Å². The number of nitrogens with zero attached hydrogens (tertiary/aromatic N) is 2. The molecule has 2 atom stereocenters. The summed E-state index contributed by atoms with van der Waals surface area (Å²) < 4.78 is 0. The van der Waals surface area contributed by atoms with E-state index in [1.54, 1.807) is 0 Å². The molecule has 0 spiro atoms. The number of nitriles is 1. The normalized spacial score (nSPS) is 24.1. The molecule has 0 heterocycles. The third-order valence-electron chi connectivity index (χ3n) is 3.96. The van der Waals surface area contributed by atoms with Crippen LogP contribution in [-0.2, 0) is 4.79 Å².